The van der Waals surface area contributed by atoms with Gasteiger partial charge in [0.15, 0.2) is 0 Å². The van der Waals surface area contributed by atoms with Gasteiger partial charge in [0.05, 0.1) is 0 Å². The highest BCUT2D eigenvalue weighted by Gasteiger charge is 2.07. The van der Waals surface area contributed by atoms with Gasteiger partial charge < -0.3 is 0 Å². The molecule has 1 atom stereocenters. The van der Waals surface area contributed by atoms with Gasteiger partial charge >= 0.3 is 0 Å². The summed E-state index contributed by atoms with van der Waals surface area (Å²) in [5.74, 6) is 2.77. The van der Waals surface area contributed by atoms with E-state index in [2.05, 4.69) is 34.6 Å². The Morgan fingerprint density at radius 2 is 1.29 bits per heavy atom. The summed E-state index contributed by atoms with van der Waals surface area (Å²) in [5, 5.41) is 0. The molecule has 0 nitrogen and oxygen atoms in total. The smallest absolute Gasteiger partial charge is 0.0420 e. The van der Waals surface area contributed by atoms with Crippen LogP contribution in [-0.4, -0.2) is 0 Å². The van der Waals surface area contributed by atoms with E-state index >= 15 is 0 Å². The Morgan fingerprint density at radius 3 is 1.71 bits per heavy atom. The van der Waals surface area contributed by atoms with Gasteiger partial charge in [0.1, 0.15) is 0 Å². The van der Waals surface area contributed by atoms with Crippen LogP contribution in [0.25, 0.3) is 0 Å². The van der Waals surface area contributed by atoms with Gasteiger partial charge in [-0.1, -0.05) is 73.1 Å². The largest absolute Gasteiger partial charge is 0.0651 e. The first-order valence-corrected chi connectivity index (χ1v) is 6.61. The van der Waals surface area contributed by atoms with Crippen molar-refractivity contribution in [3.05, 3.63) is 0 Å². The Balaban J connectivity index is 3.36. The van der Waals surface area contributed by atoms with Crippen molar-refractivity contribution in [3.63, 3.8) is 0 Å². The fourth-order valence-corrected chi connectivity index (χ4v) is 1.93. The molecule has 0 heteroatoms. The molecule has 0 saturated heterocycles. The van der Waals surface area contributed by atoms with Crippen molar-refractivity contribution in [2.45, 2.75) is 73.1 Å². The van der Waals surface area contributed by atoms with E-state index in [1.165, 1.54) is 38.5 Å². The van der Waals surface area contributed by atoms with E-state index in [-0.39, 0.29) is 0 Å². The van der Waals surface area contributed by atoms with Crippen LogP contribution in [0.15, 0.2) is 0 Å². The summed E-state index contributed by atoms with van der Waals surface area (Å²) in [4.78, 5) is 0. The molecule has 14 heavy (non-hydrogen) atoms. The number of hydrogen-bond acceptors (Lipinski definition) is 0. The highest BCUT2D eigenvalue weighted by Crippen LogP contribution is 2.21. The quantitative estimate of drug-likeness (QED) is 0.466. The van der Waals surface area contributed by atoms with Crippen molar-refractivity contribution in [1.29, 1.82) is 0 Å². The zero-order valence-electron chi connectivity index (χ0n) is 11.0. The molecule has 1 unspecified atom stereocenters. The van der Waals surface area contributed by atoms with Gasteiger partial charge in [-0.05, 0) is 17.8 Å². The average molecular weight is 198 g/mol. The maximum atomic E-state index is 2.39. The van der Waals surface area contributed by atoms with Gasteiger partial charge in [0, 0.05) is 0 Å². The summed E-state index contributed by atoms with van der Waals surface area (Å²) >= 11 is 0. The van der Waals surface area contributed by atoms with Gasteiger partial charge in [-0.15, -0.1) is 0 Å². The molecule has 0 aromatic rings. The van der Waals surface area contributed by atoms with Crippen molar-refractivity contribution >= 4 is 0 Å². The molecule has 0 spiro atoms. The Bertz CT molecular complexity index is 107. The van der Waals surface area contributed by atoms with E-state index in [1.807, 2.05) is 0 Å². The molecule has 0 radical (unpaired) electrons. The maximum Gasteiger partial charge on any atom is -0.0420 e. The van der Waals surface area contributed by atoms with Crippen molar-refractivity contribution in [3.8, 4) is 0 Å². The summed E-state index contributed by atoms with van der Waals surface area (Å²) in [6.45, 7) is 11.7. The van der Waals surface area contributed by atoms with E-state index in [4.69, 9.17) is 0 Å². The molecule has 0 aliphatic rings. The standard InChI is InChI=1S/C14H30/c1-6-14(7-2)11-9-8-10-13(5)12(3)4/h12-14H,6-11H2,1-5H3. The van der Waals surface area contributed by atoms with Gasteiger partial charge in [-0.25, -0.2) is 0 Å². The minimum atomic E-state index is 0.864. The van der Waals surface area contributed by atoms with E-state index in [0.29, 0.717) is 0 Å². The lowest BCUT2D eigenvalue weighted by atomic mass is 9.90. The highest BCUT2D eigenvalue weighted by molar-refractivity contribution is 4.59. The van der Waals surface area contributed by atoms with E-state index in [0.717, 1.165) is 17.8 Å². The zero-order chi connectivity index (χ0) is 11.0. The number of rotatable bonds is 8. The summed E-state index contributed by atoms with van der Waals surface area (Å²) in [7, 11) is 0. The van der Waals surface area contributed by atoms with Gasteiger partial charge in [-0.2, -0.15) is 0 Å². The summed E-state index contributed by atoms with van der Waals surface area (Å²) < 4.78 is 0. The lowest BCUT2D eigenvalue weighted by Gasteiger charge is -2.16. The number of hydrogen-bond donors (Lipinski definition) is 0. The van der Waals surface area contributed by atoms with Crippen LogP contribution in [0.5, 0.6) is 0 Å². The van der Waals surface area contributed by atoms with Crippen LogP contribution in [0.3, 0.4) is 0 Å². The van der Waals surface area contributed by atoms with Crippen LogP contribution in [0.2, 0.25) is 0 Å². The Morgan fingerprint density at radius 1 is 0.786 bits per heavy atom. The summed E-state index contributed by atoms with van der Waals surface area (Å²) in [6, 6.07) is 0. The molecule has 0 aromatic heterocycles. The Hall–Kier alpha value is 0. The first-order chi connectivity index (χ1) is 6.61. The van der Waals surface area contributed by atoms with E-state index in [9.17, 15) is 0 Å². The number of unbranched alkanes of at least 4 members (excludes halogenated alkanes) is 1. The van der Waals surface area contributed by atoms with Crippen LogP contribution >= 0.6 is 0 Å². The molecule has 0 aliphatic heterocycles. The minimum Gasteiger partial charge on any atom is -0.0651 e. The predicted octanol–water partition coefficient (Wildman–Crippen LogP) is 5.28. The van der Waals surface area contributed by atoms with E-state index in [1.54, 1.807) is 0 Å². The SMILES string of the molecule is CCC(CC)CCCCC(C)C(C)C. The van der Waals surface area contributed by atoms with Gasteiger partial charge in [0.2, 0.25) is 0 Å². The lowest BCUT2D eigenvalue weighted by molar-refractivity contribution is 0.359. The second kappa shape index (κ2) is 8.32. The van der Waals surface area contributed by atoms with Crippen molar-refractivity contribution in [2.24, 2.45) is 17.8 Å². The molecular formula is C14H30. The third-order valence-electron chi connectivity index (χ3n) is 3.81. The fourth-order valence-electron chi connectivity index (χ4n) is 1.93. The predicted molar refractivity (Wildman–Crippen MR) is 66.5 cm³/mol. The summed E-state index contributed by atoms with van der Waals surface area (Å²) in [6.07, 6.45) is 8.52. The Labute approximate surface area is 91.5 Å². The monoisotopic (exact) mass is 198 g/mol. The minimum absolute atomic E-state index is 0.864. The van der Waals surface area contributed by atoms with Crippen LogP contribution < -0.4 is 0 Å². The second-order valence-corrected chi connectivity index (χ2v) is 5.19. The first-order valence-electron chi connectivity index (χ1n) is 6.61. The third-order valence-corrected chi connectivity index (χ3v) is 3.81. The van der Waals surface area contributed by atoms with Crippen LogP contribution in [0.1, 0.15) is 73.1 Å². The molecule has 0 bridgehead atoms. The normalized spacial score (nSPS) is 13.9. The average Bonchev–Trinajstić information content (AvgIpc) is 2.17. The highest BCUT2D eigenvalue weighted by atomic mass is 14.1. The maximum absolute atomic E-state index is 2.39. The van der Waals surface area contributed by atoms with Crippen LogP contribution in [0.4, 0.5) is 0 Å². The van der Waals surface area contributed by atoms with Crippen LogP contribution in [-0.2, 0) is 0 Å². The van der Waals surface area contributed by atoms with Gasteiger partial charge in [0.25, 0.3) is 0 Å². The molecule has 0 N–H and O–H groups in total. The molecule has 0 aliphatic carbocycles. The Kier molecular flexibility index (Phi) is 8.32. The van der Waals surface area contributed by atoms with E-state index < -0.39 is 0 Å². The molecule has 0 fully saturated rings. The van der Waals surface area contributed by atoms with Crippen molar-refractivity contribution in [2.75, 3.05) is 0 Å². The lowest BCUT2D eigenvalue weighted by Crippen LogP contribution is -2.04. The molecule has 0 aromatic carbocycles. The second-order valence-electron chi connectivity index (χ2n) is 5.19. The molecule has 0 saturated carbocycles. The van der Waals surface area contributed by atoms with Gasteiger partial charge in [-0.3, -0.25) is 0 Å². The topological polar surface area (TPSA) is 0 Å². The molecule has 86 valence electrons. The van der Waals surface area contributed by atoms with Crippen LogP contribution in [0, 0.1) is 17.8 Å². The molecule has 0 amide bonds. The zero-order valence-corrected chi connectivity index (χ0v) is 11.0. The molecular weight excluding hydrogens is 168 g/mol. The third kappa shape index (κ3) is 6.45. The first kappa shape index (κ1) is 14.0. The summed E-state index contributed by atoms with van der Waals surface area (Å²) in [5.41, 5.74) is 0. The molecule has 0 heterocycles. The van der Waals surface area contributed by atoms with Crippen molar-refractivity contribution < 1.29 is 0 Å². The fraction of sp³-hybridized carbons (Fsp3) is 1.00. The van der Waals surface area contributed by atoms with Crippen molar-refractivity contribution in [1.82, 2.24) is 0 Å². The molecule has 0 rings (SSSR count).